The summed E-state index contributed by atoms with van der Waals surface area (Å²) in [6, 6.07) is 9.76. The van der Waals surface area contributed by atoms with Gasteiger partial charge in [0.2, 0.25) is 0 Å². The van der Waals surface area contributed by atoms with Crippen LogP contribution in [-0.2, 0) is 20.6 Å². The third-order valence-electron chi connectivity index (χ3n) is 3.97. The van der Waals surface area contributed by atoms with E-state index in [2.05, 4.69) is 0 Å². The molecular formula is C16H23O6P. The summed E-state index contributed by atoms with van der Waals surface area (Å²) in [5, 5.41) is 18.3. The predicted octanol–water partition coefficient (Wildman–Crippen LogP) is 2.80. The highest BCUT2D eigenvalue weighted by molar-refractivity contribution is 7.38. The van der Waals surface area contributed by atoms with Gasteiger partial charge in [0.05, 0.1) is 5.41 Å². The molecule has 0 spiro atoms. The van der Waals surface area contributed by atoms with Gasteiger partial charge < -0.3 is 15.1 Å². The van der Waals surface area contributed by atoms with E-state index in [1.165, 1.54) is 0 Å². The minimum absolute atomic E-state index is 0.125. The minimum Gasteiger partial charge on any atom is -0.481 e. The average molecular weight is 342 g/mol. The van der Waals surface area contributed by atoms with Crippen molar-refractivity contribution < 1.29 is 29.3 Å². The van der Waals surface area contributed by atoms with Gasteiger partial charge in [-0.3, -0.25) is 14.2 Å². The van der Waals surface area contributed by atoms with Gasteiger partial charge in [0.1, 0.15) is 0 Å². The van der Waals surface area contributed by atoms with E-state index in [0.717, 1.165) is 18.4 Å². The first-order chi connectivity index (χ1) is 10.9. The molecule has 7 heteroatoms. The highest BCUT2D eigenvalue weighted by Gasteiger charge is 2.39. The van der Waals surface area contributed by atoms with Crippen molar-refractivity contribution in [2.75, 3.05) is 6.16 Å². The Balaban J connectivity index is 2.65. The Morgan fingerprint density at radius 1 is 1.04 bits per heavy atom. The van der Waals surface area contributed by atoms with Gasteiger partial charge in [-0.1, -0.05) is 36.8 Å². The van der Waals surface area contributed by atoms with E-state index in [0.29, 0.717) is 6.42 Å². The molecule has 0 aliphatic rings. The van der Waals surface area contributed by atoms with Gasteiger partial charge in [-0.05, 0) is 31.2 Å². The Morgan fingerprint density at radius 3 is 2.22 bits per heavy atom. The summed E-state index contributed by atoms with van der Waals surface area (Å²) in [7, 11) is -2.99. The van der Waals surface area contributed by atoms with Gasteiger partial charge in [0, 0.05) is 12.6 Å². The molecule has 6 nitrogen and oxygen atoms in total. The molecule has 0 radical (unpaired) electrons. The van der Waals surface area contributed by atoms with Crippen LogP contribution < -0.4 is 0 Å². The third kappa shape index (κ3) is 6.97. The monoisotopic (exact) mass is 342 g/mol. The number of hydrogen-bond acceptors (Lipinski definition) is 3. The fraction of sp³-hybridized carbons (Fsp3) is 0.500. The van der Waals surface area contributed by atoms with Crippen molar-refractivity contribution in [3.05, 3.63) is 35.9 Å². The molecule has 128 valence electrons. The Morgan fingerprint density at radius 2 is 1.70 bits per heavy atom. The van der Waals surface area contributed by atoms with Gasteiger partial charge in [-0.2, -0.15) is 0 Å². The number of carbonyl (C=O) groups is 2. The van der Waals surface area contributed by atoms with Crippen LogP contribution in [0.5, 0.6) is 0 Å². The van der Waals surface area contributed by atoms with E-state index in [-0.39, 0.29) is 25.4 Å². The molecule has 1 aromatic rings. The zero-order chi connectivity index (χ0) is 17.3. The van der Waals surface area contributed by atoms with Crippen LogP contribution in [0.15, 0.2) is 30.3 Å². The molecule has 0 aromatic heterocycles. The maximum atomic E-state index is 11.6. The van der Waals surface area contributed by atoms with Crippen molar-refractivity contribution >= 4 is 20.0 Å². The van der Waals surface area contributed by atoms with Crippen LogP contribution in [0.3, 0.4) is 0 Å². The molecule has 1 aromatic carbocycles. The second kappa shape index (κ2) is 9.48. The molecule has 23 heavy (non-hydrogen) atoms. The summed E-state index contributed by atoms with van der Waals surface area (Å²) < 4.78 is 11.2. The van der Waals surface area contributed by atoms with Crippen molar-refractivity contribution in [3.8, 4) is 0 Å². The standard InChI is InChI=1S/C16H23O6P/c17-14(18)9-11-16(15(19)20,12-23(21)22)10-5-4-8-13-6-2-1-3-7-13/h1-3,6-7,23H,4-5,8-12H2,(H,17,18)(H,19,20)(H,21,22). The first kappa shape index (κ1) is 19.4. The number of aliphatic carboxylic acids is 2. The highest BCUT2D eigenvalue weighted by atomic mass is 31.1. The fourth-order valence-electron chi connectivity index (χ4n) is 2.66. The average Bonchev–Trinajstić information content (AvgIpc) is 2.49. The second-order valence-corrected chi connectivity index (χ2v) is 6.88. The fourth-order valence-corrected chi connectivity index (χ4v) is 3.75. The Hall–Kier alpha value is -1.65. The molecule has 0 fully saturated rings. The Bertz CT molecular complexity index is 545. The van der Waals surface area contributed by atoms with Crippen molar-refractivity contribution in [2.45, 2.75) is 38.5 Å². The number of rotatable bonds is 11. The molecule has 3 N–H and O–H groups in total. The zero-order valence-corrected chi connectivity index (χ0v) is 13.9. The molecule has 0 aliphatic carbocycles. The van der Waals surface area contributed by atoms with E-state index < -0.39 is 25.4 Å². The normalized spacial score (nSPS) is 14.8. The van der Waals surface area contributed by atoms with Crippen LogP contribution in [-0.4, -0.2) is 33.2 Å². The first-order valence-electron chi connectivity index (χ1n) is 7.57. The first-order valence-corrected chi connectivity index (χ1v) is 9.13. The van der Waals surface area contributed by atoms with Gasteiger partial charge in [0.25, 0.3) is 0 Å². The summed E-state index contributed by atoms with van der Waals surface area (Å²) in [6.07, 6.45) is 1.50. The summed E-state index contributed by atoms with van der Waals surface area (Å²) in [5.41, 5.74) is -0.283. The van der Waals surface area contributed by atoms with Crippen molar-refractivity contribution in [1.29, 1.82) is 0 Å². The van der Waals surface area contributed by atoms with E-state index in [9.17, 15) is 24.2 Å². The van der Waals surface area contributed by atoms with E-state index in [4.69, 9.17) is 5.11 Å². The lowest BCUT2D eigenvalue weighted by Crippen LogP contribution is -2.34. The number of hydrogen-bond donors (Lipinski definition) is 3. The maximum Gasteiger partial charge on any atom is 0.310 e. The van der Waals surface area contributed by atoms with E-state index in [1.807, 2.05) is 30.3 Å². The van der Waals surface area contributed by atoms with E-state index >= 15 is 0 Å². The summed E-state index contributed by atoms with van der Waals surface area (Å²) in [6.45, 7) is 0. The molecule has 2 unspecified atom stereocenters. The lowest BCUT2D eigenvalue weighted by atomic mass is 9.80. The van der Waals surface area contributed by atoms with Crippen LogP contribution in [0.2, 0.25) is 0 Å². The quantitative estimate of drug-likeness (QED) is 0.421. The van der Waals surface area contributed by atoms with Crippen molar-refractivity contribution in [2.24, 2.45) is 5.41 Å². The topological polar surface area (TPSA) is 112 Å². The number of carboxylic acid groups (broad SMARTS) is 2. The molecule has 1 rings (SSSR count). The maximum absolute atomic E-state index is 11.6. The SMILES string of the molecule is O=C(O)CCC(CCCCc1ccccc1)(C[PH](=O)O)C(=O)O. The zero-order valence-electron chi connectivity index (χ0n) is 12.9. The van der Waals surface area contributed by atoms with Gasteiger partial charge in [-0.25, -0.2) is 0 Å². The minimum atomic E-state index is -2.99. The van der Waals surface area contributed by atoms with Crippen LogP contribution in [0.4, 0.5) is 0 Å². The molecule has 0 saturated carbocycles. The molecule has 0 amide bonds. The summed E-state index contributed by atoms with van der Waals surface area (Å²) in [5.74, 6) is -2.29. The van der Waals surface area contributed by atoms with Crippen LogP contribution in [0.25, 0.3) is 0 Å². The molecule has 2 atom stereocenters. The highest BCUT2D eigenvalue weighted by Crippen LogP contribution is 2.38. The van der Waals surface area contributed by atoms with Crippen LogP contribution >= 0.6 is 8.03 Å². The summed E-state index contributed by atoms with van der Waals surface area (Å²) in [4.78, 5) is 31.5. The molecule has 0 heterocycles. The number of aryl methyl sites for hydroxylation is 1. The predicted molar refractivity (Wildman–Crippen MR) is 87.0 cm³/mol. The molecule has 0 saturated heterocycles. The lowest BCUT2D eigenvalue weighted by Gasteiger charge is -2.28. The Labute approximate surface area is 136 Å². The van der Waals surface area contributed by atoms with Gasteiger partial charge in [-0.15, -0.1) is 0 Å². The van der Waals surface area contributed by atoms with Crippen molar-refractivity contribution in [1.82, 2.24) is 0 Å². The number of unbranched alkanes of at least 4 members (excludes halogenated alkanes) is 1. The lowest BCUT2D eigenvalue weighted by molar-refractivity contribution is -0.149. The molecule has 0 bridgehead atoms. The molecule has 0 aliphatic heterocycles. The van der Waals surface area contributed by atoms with Gasteiger partial charge in [0.15, 0.2) is 8.03 Å². The smallest absolute Gasteiger partial charge is 0.310 e. The summed E-state index contributed by atoms with van der Waals surface area (Å²) >= 11 is 0. The third-order valence-corrected chi connectivity index (χ3v) is 4.95. The van der Waals surface area contributed by atoms with E-state index in [1.54, 1.807) is 0 Å². The number of carboxylic acids is 2. The van der Waals surface area contributed by atoms with Crippen LogP contribution in [0, 0.1) is 5.41 Å². The largest absolute Gasteiger partial charge is 0.481 e. The number of benzene rings is 1. The second-order valence-electron chi connectivity index (χ2n) is 5.74. The van der Waals surface area contributed by atoms with Crippen molar-refractivity contribution in [3.63, 3.8) is 0 Å². The van der Waals surface area contributed by atoms with Crippen LogP contribution in [0.1, 0.15) is 37.7 Å². The molecular weight excluding hydrogens is 319 g/mol. The van der Waals surface area contributed by atoms with Gasteiger partial charge >= 0.3 is 11.9 Å². The Kier molecular flexibility index (Phi) is 8.00.